The molecule has 1 unspecified atom stereocenters. The van der Waals surface area contributed by atoms with Gasteiger partial charge in [0.25, 0.3) is 0 Å². The molecule has 1 aromatic carbocycles. The Labute approximate surface area is 141 Å². The molecule has 1 heterocycles. The highest BCUT2D eigenvalue weighted by molar-refractivity contribution is 8.00. The molecule has 2 fully saturated rings. The summed E-state index contributed by atoms with van der Waals surface area (Å²) in [5.74, 6) is 0.0572. The largest absolute Gasteiger partial charge is 0.354 e. The smallest absolute Gasteiger partial charge is 0.319 e. The summed E-state index contributed by atoms with van der Waals surface area (Å²) in [5.41, 5.74) is 0.863. The molecule has 124 valence electrons. The predicted octanol–water partition coefficient (Wildman–Crippen LogP) is 3.12. The van der Waals surface area contributed by atoms with Crippen LogP contribution in [0.25, 0.3) is 0 Å². The van der Waals surface area contributed by atoms with Crippen LogP contribution in [0.4, 0.5) is 10.5 Å². The number of hydrogen-bond acceptors (Lipinski definition) is 3. The van der Waals surface area contributed by atoms with E-state index in [4.69, 9.17) is 0 Å². The Balaban J connectivity index is 1.56. The van der Waals surface area contributed by atoms with Gasteiger partial charge in [0.2, 0.25) is 5.91 Å². The lowest BCUT2D eigenvalue weighted by molar-refractivity contribution is -0.122. The minimum Gasteiger partial charge on any atom is -0.354 e. The molecule has 1 aromatic rings. The molecule has 1 atom stereocenters. The maximum absolute atomic E-state index is 12.2. The average molecular weight is 333 g/mol. The first kappa shape index (κ1) is 16.2. The zero-order valence-electron chi connectivity index (χ0n) is 13.1. The number of piperidine rings is 1. The van der Waals surface area contributed by atoms with E-state index < -0.39 is 0 Å². The van der Waals surface area contributed by atoms with Gasteiger partial charge in [-0.3, -0.25) is 4.79 Å². The Kier molecular flexibility index (Phi) is 5.43. The van der Waals surface area contributed by atoms with Crippen molar-refractivity contribution in [2.45, 2.75) is 54.7 Å². The van der Waals surface area contributed by atoms with E-state index in [1.54, 1.807) is 0 Å². The third-order valence-corrected chi connectivity index (χ3v) is 5.75. The van der Waals surface area contributed by atoms with Gasteiger partial charge in [0.05, 0.1) is 5.69 Å². The Bertz CT molecular complexity index is 563. The maximum atomic E-state index is 12.2. The number of nitrogens with one attached hydrogen (secondary N) is 3. The summed E-state index contributed by atoms with van der Waals surface area (Å²) < 4.78 is 0. The van der Waals surface area contributed by atoms with Crippen molar-refractivity contribution in [1.29, 1.82) is 0 Å². The summed E-state index contributed by atoms with van der Waals surface area (Å²) in [7, 11) is 0. The number of carbonyl (C=O) groups excluding carboxylic acids is 2. The van der Waals surface area contributed by atoms with E-state index in [9.17, 15) is 9.59 Å². The van der Waals surface area contributed by atoms with Crippen LogP contribution in [0.15, 0.2) is 29.2 Å². The van der Waals surface area contributed by atoms with Crippen LogP contribution in [0.3, 0.4) is 0 Å². The van der Waals surface area contributed by atoms with Crippen LogP contribution in [-0.4, -0.2) is 29.8 Å². The van der Waals surface area contributed by atoms with Gasteiger partial charge in [0, 0.05) is 29.2 Å². The summed E-state index contributed by atoms with van der Waals surface area (Å²) in [5, 5.41) is 9.33. The van der Waals surface area contributed by atoms with Crippen molar-refractivity contribution in [1.82, 2.24) is 10.6 Å². The topological polar surface area (TPSA) is 70.2 Å². The van der Waals surface area contributed by atoms with Crippen LogP contribution in [0, 0.1) is 0 Å². The molecule has 3 N–H and O–H groups in total. The lowest BCUT2D eigenvalue weighted by Crippen LogP contribution is -2.48. The van der Waals surface area contributed by atoms with Crippen molar-refractivity contribution in [2.24, 2.45) is 0 Å². The van der Waals surface area contributed by atoms with Crippen molar-refractivity contribution in [3.63, 3.8) is 0 Å². The molecule has 0 aromatic heterocycles. The molecular weight excluding hydrogens is 310 g/mol. The van der Waals surface area contributed by atoms with Gasteiger partial charge in [-0.25, -0.2) is 4.79 Å². The molecule has 0 spiro atoms. The second kappa shape index (κ2) is 7.73. The Hall–Kier alpha value is -1.69. The molecule has 0 radical (unpaired) electrons. The van der Waals surface area contributed by atoms with Gasteiger partial charge >= 0.3 is 6.03 Å². The van der Waals surface area contributed by atoms with Crippen molar-refractivity contribution in [2.75, 3.05) is 11.9 Å². The lowest BCUT2D eigenvalue weighted by Gasteiger charge is -2.24. The number of thioether (sulfide) groups is 1. The number of rotatable bonds is 4. The van der Waals surface area contributed by atoms with E-state index in [1.807, 2.05) is 30.0 Å². The number of hydrogen-bond donors (Lipinski definition) is 3. The summed E-state index contributed by atoms with van der Waals surface area (Å²) >= 11 is 1.87. The number of benzene rings is 1. The average Bonchev–Trinajstić information content (AvgIpc) is 3.05. The SMILES string of the molecule is O=C1CCC(NC(=O)Nc2ccccc2SC2CCCC2)CN1. The number of urea groups is 1. The summed E-state index contributed by atoms with van der Waals surface area (Å²) in [6.07, 6.45) is 6.29. The van der Waals surface area contributed by atoms with Crippen molar-refractivity contribution >= 4 is 29.4 Å². The highest BCUT2D eigenvalue weighted by Gasteiger charge is 2.21. The first-order valence-electron chi connectivity index (χ1n) is 8.30. The van der Waals surface area contributed by atoms with E-state index in [0.717, 1.165) is 10.6 Å². The van der Waals surface area contributed by atoms with Crippen LogP contribution in [0.5, 0.6) is 0 Å². The number of anilines is 1. The summed E-state index contributed by atoms with van der Waals surface area (Å²) in [6.45, 7) is 0.505. The van der Waals surface area contributed by atoms with Crippen LogP contribution in [0.2, 0.25) is 0 Å². The minimum atomic E-state index is -0.203. The zero-order valence-corrected chi connectivity index (χ0v) is 14.0. The van der Waals surface area contributed by atoms with Gasteiger partial charge in [-0.15, -0.1) is 11.8 Å². The Morgan fingerprint density at radius 1 is 1.17 bits per heavy atom. The number of para-hydroxylation sites is 1. The minimum absolute atomic E-state index is 0.00217. The first-order valence-corrected chi connectivity index (χ1v) is 9.18. The Morgan fingerprint density at radius 2 is 1.96 bits per heavy atom. The molecule has 6 heteroatoms. The molecule has 5 nitrogen and oxygen atoms in total. The highest BCUT2D eigenvalue weighted by atomic mass is 32.2. The molecule has 23 heavy (non-hydrogen) atoms. The summed E-state index contributed by atoms with van der Waals surface area (Å²) in [4.78, 5) is 24.5. The van der Waals surface area contributed by atoms with E-state index in [-0.39, 0.29) is 18.0 Å². The first-order chi connectivity index (χ1) is 11.2. The molecule has 1 saturated heterocycles. The standard InChI is InChI=1S/C17H23N3O2S/c21-16-10-9-12(11-18-16)19-17(22)20-14-7-3-4-8-15(14)23-13-5-1-2-6-13/h3-4,7-8,12-13H,1-2,5-6,9-11H2,(H,18,21)(H2,19,20,22). The lowest BCUT2D eigenvalue weighted by atomic mass is 10.1. The van der Waals surface area contributed by atoms with E-state index in [2.05, 4.69) is 22.0 Å². The van der Waals surface area contributed by atoms with Gasteiger partial charge in [-0.2, -0.15) is 0 Å². The number of carbonyl (C=O) groups is 2. The Morgan fingerprint density at radius 3 is 2.70 bits per heavy atom. The van der Waals surface area contributed by atoms with E-state index in [0.29, 0.717) is 24.6 Å². The van der Waals surface area contributed by atoms with E-state index in [1.165, 1.54) is 25.7 Å². The number of amides is 3. The maximum Gasteiger partial charge on any atom is 0.319 e. The van der Waals surface area contributed by atoms with Crippen LogP contribution >= 0.6 is 11.8 Å². The highest BCUT2D eigenvalue weighted by Crippen LogP contribution is 2.37. The fourth-order valence-corrected chi connectivity index (χ4v) is 4.39. The molecule has 3 rings (SSSR count). The zero-order chi connectivity index (χ0) is 16.1. The quantitative estimate of drug-likeness (QED) is 0.793. The molecule has 1 aliphatic heterocycles. The molecular formula is C17H23N3O2S. The fraction of sp³-hybridized carbons (Fsp3) is 0.529. The molecule has 3 amide bonds. The van der Waals surface area contributed by atoms with Crippen molar-refractivity contribution in [3.05, 3.63) is 24.3 Å². The molecule has 0 bridgehead atoms. The van der Waals surface area contributed by atoms with Crippen LogP contribution in [0.1, 0.15) is 38.5 Å². The van der Waals surface area contributed by atoms with E-state index >= 15 is 0 Å². The van der Waals surface area contributed by atoms with Crippen molar-refractivity contribution < 1.29 is 9.59 Å². The molecule has 1 aliphatic carbocycles. The third-order valence-electron chi connectivity index (χ3n) is 4.33. The van der Waals surface area contributed by atoms with Gasteiger partial charge in [0.1, 0.15) is 0 Å². The second-order valence-electron chi connectivity index (χ2n) is 6.16. The van der Waals surface area contributed by atoms with Gasteiger partial charge in [0.15, 0.2) is 0 Å². The van der Waals surface area contributed by atoms with Gasteiger partial charge in [-0.05, 0) is 31.4 Å². The molecule has 1 saturated carbocycles. The van der Waals surface area contributed by atoms with Gasteiger partial charge in [-0.1, -0.05) is 25.0 Å². The second-order valence-corrected chi connectivity index (χ2v) is 7.50. The summed E-state index contributed by atoms with van der Waals surface area (Å²) in [6, 6.07) is 7.76. The normalized spacial score (nSPS) is 21.7. The van der Waals surface area contributed by atoms with Crippen LogP contribution < -0.4 is 16.0 Å². The van der Waals surface area contributed by atoms with Gasteiger partial charge < -0.3 is 16.0 Å². The monoisotopic (exact) mass is 333 g/mol. The van der Waals surface area contributed by atoms with Crippen molar-refractivity contribution in [3.8, 4) is 0 Å². The third kappa shape index (κ3) is 4.64. The molecule has 2 aliphatic rings. The predicted molar refractivity (Wildman–Crippen MR) is 92.7 cm³/mol. The van der Waals surface area contributed by atoms with Crippen LogP contribution in [-0.2, 0) is 4.79 Å². The fourth-order valence-electron chi connectivity index (χ4n) is 3.06.